The van der Waals surface area contributed by atoms with Gasteiger partial charge in [0.25, 0.3) is 0 Å². The number of rotatable bonds is 6. The summed E-state index contributed by atoms with van der Waals surface area (Å²) < 4.78 is 0. The molecular formula is C29H44N2. The highest BCUT2D eigenvalue weighted by atomic mass is 14.8. The molecule has 0 heterocycles. The van der Waals surface area contributed by atoms with E-state index in [1.54, 1.807) is 0 Å². The van der Waals surface area contributed by atoms with E-state index in [1.807, 2.05) is 14.1 Å². The Bertz CT molecular complexity index is 914. The third-order valence-corrected chi connectivity index (χ3v) is 6.75. The Labute approximate surface area is 192 Å². The minimum absolute atomic E-state index is 0.169. The van der Waals surface area contributed by atoms with Gasteiger partial charge >= 0.3 is 0 Å². The first-order valence-electron chi connectivity index (χ1n) is 11.4. The lowest BCUT2D eigenvalue weighted by Gasteiger charge is -2.24. The summed E-state index contributed by atoms with van der Waals surface area (Å²) in [6, 6.07) is 0. The fourth-order valence-electron chi connectivity index (χ4n) is 3.10. The third kappa shape index (κ3) is 6.89. The Hall–Kier alpha value is -2.22. The molecule has 0 radical (unpaired) electrons. The second-order valence-electron chi connectivity index (χ2n) is 10.2. The van der Waals surface area contributed by atoms with Crippen LogP contribution in [-0.4, -0.2) is 25.5 Å². The van der Waals surface area contributed by atoms with Gasteiger partial charge in [-0.25, -0.2) is 0 Å². The summed E-state index contributed by atoms with van der Waals surface area (Å²) in [5.41, 5.74) is 9.71. The quantitative estimate of drug-likeness (QED) is 0.305. The molecule has 0 spiro atoms. The van der Waals surface area contributed by atoms with E-state index in [1.165, 1.54) is 22.3 Å². The maximum Gasteiger partial charge on any atom is 0.0903 e. The molecule has 1 rings (SSSR count). The molecule has 1 aliphatic rings. The Balaban J connectivity index is 3.43. The van der Waals surface area contributed by atoms with Crippen LogP contribution in [0.15, 0.2) is 79.9 Å². The first kappa shape index (κ1) is 26.8. The smallest absolute Gasteiger partial charge is 0.0903 e. The number of allylic oxidation sites excluding steroid dienone is 12. The Kier molecular flexibility index (Phi) is 9.42. The van der Waals surface area contributed by atoms with Gasteiger partial charge in [-0.05, 0) is 56.1 Å². The highest BCUT2D eigenvalue weighted by molar-refractivity contribution is 6.56. The molecule has 0 unspecified atom stereocenters. The molecule has 0 atom stereocenters. The minimum atomic E-state index is 0.169. The topological polar surface area (TPSA) is 24.7 Å². The van der Waals surface area contributed by atoms with E-state index < -0.39 is 0 Å². The second kappa shape index (κ2) is 10.9. The van der Waals surface area contributed by atoms with E-state index in [4.69, 9.17) is 0 Å². The SMILES string of the molecule is CCC(C)(C)/C(C)=C/C=C(\C)C1=CC=C(/C(C)=C/C=C(\C)C(C)(C)C)C(=NC)C1=NC. The molecule has 0 aromatic carbocycles. The van der Waals surface area contributed by atoms with Crippen molar-refractivity contribution < 1.29 is 0 Å². The van der Waals surface area contributed by atoms with E-state index in [0.29, 0.717) is 0 Å². The number of aliphatic imine (C=N–C) groups is 2. The van der Waals surface area contributed by atoms with E-state index >= 15 is 0 Å². The summed E-state index contributed by atoms with van der Waals surface area (Å²) in [7, 11) is 3.71. The lowest BCUT2D eigenvalue weighted by molar-refractivity contribution is 0.429. The van der Waals surface area contributed by atoms with E-state index in [2.05, 4.69) is 116 Å². The van der Waals surface area contributed by atoms with Crippen LogP contribution in [0, 0.1) is 10.8 Å². The molecule has 0 saturated heterocycles. The standard InChI is InChI=1S/C29H44N2/c1-13-29(9,10)23(5)17-15-21(3)25-19-18-24(26(30-11)27(25)31-12)20(2)14-16-22(4)28(6,7)8/h14-19H,13H2,1-12H3/b20-14+,21-15+,22-16+,23-17+,30-26?,31-27?. The molecule has 0 fully saturated rings. The van der Waals surface area contributed by atoms with Crippen LogP contribution in [-0.2, 0) is 0 Å². The molecule has 170 valence electrons. The first-order valence-corrected chi connectivity index (χ1v) is 11.4. The van der Waals surface area contributed by atoms with Crippen LogP contribution in [0.25, 0.3) is 0 Å². The summed E-state index contributed by atoms with van der Waals surface area (Å²) in [6.45, 7) is 22.3. The van der Waals surface area contributed by atoms with Crippen molar-refractivity contribution in [1.29, 1.82) is 0 Å². The van der Waals surface area contributed by atoms with Crippen LogP contribution in [0.2, 0.25) is 0 Å². The van der Waals surface area contributed by atoms with Crippen LogP contribution >= 0.6 is 0 Å². The van der Waals surface area contributed by atoms with E-state index in [-0.39, 0.29) is 10.8 Å². The summed E-state index contributed by atoms with van der Waals surface area (Å²) in [4.78, 5) is 9.27. The molecular weight excluding hydrogens is 376 g/mol. The molecule has 0 amide bonds. The van der Waals surface area contributed by atoms with Crippen molar-refractivity contribution in [2.75, 3.05) is 14.1 Å². The van der Waals surface area contributed by atoms with Crippen LogP contribution < -0.4 is 0 Å². The first-order chi connectivity index (χ1) is 14.3. The normalized spacial score (nSPS) is 20.4. The Morgan fingerprint density at radius 1 is 0.710 bits per heavy atom. The largest absolute Gasteiger partial charge is 0.286 e. The zero-order chi connectivity index (χ0) is 24.0. The fourth-order valence-corrected chi connectivity index (χ4v) is 3.10. The predicted octanol–water partition coefficient (Wildman–Crippen LogP) is 8.26. The van der Waals surface area contributed by atoms with Crippen LogP contribution in [0.5, 0.6) is 0 Å². The van der Waals surface area contributed by atoms with Gasteiger partial charge in [0, 0.05) is 25.2 Å². The highest BCUT2D eigenvalue weighted by Crippen LogP contribution is 2.31. The zero-order valence-electron chi connectivity index (χ0n) is 22.1. The van der Waals surface area contributed by atoms with Gasteiger partial charge < -0.3 is 0 Å². The molecule has 0 aliphatic heterocycles. The van der Waals surface area contributed by atoms with E-state index in [9.17, 15) is 0 Å². The van der Waals surface area contributed by atoms with Crippen LogP contribution in [0.4, 0.5) is 0 Å². The summed E-state index contributed by atoms with van der Waals surface area (Å²) in [5.74, 6) is 0. The highest BCUT2D eigenvalue weighted by Gasteiger charge is 2.23. The molecule has 0 saturated carbocycles. The zero-order valence-corrected chi connectivity index (χ0v) is 22.1. The van der Waals surface area contributed by atoms with Crippen molar-refractivity contribution in [2.45, 2.75) is 75.7 Å². The Morgan fingerprint density at radius 3 is 1.42 bits per heavy atom. The molecule has 0 aromatic rings. The molecule has 1 aliphatic carbocycles. The molecule has 31 heavy (non-hydrogen) atoms. The average Bonchev–Trinajstić information content (AvgIpc) is 2.72. The summed E-state index contributed by atoms with van der Waals surface area (Å²) in [5, 5.41) is 0. The van der Waals surface area contributed by atoms with Gasteiger partial charge in [-0.2, -0.15) is 0 Å². The van der Waals surface area contributed by atoms with Crippen molar-refractivity contribution in [2.24, 2.45) is 20.8 Å². The van der Waals surface area contributed by atoms with Gasteiger partial charge in [-0.15, -0.1) is 0 Å². The maximum absolute atomic E-state index is 4.63. The molecule has 0 bridgehead atoms. The molecule has 2 nitrogen and oxygen atoms in total. The van der Waals surface area contributed by atoms with Crippen molar-refractivity contribution in [3.8, 4) is 0 Å². The summed E-state index contributed by atoms with van der Waals surface area (Å²) in [6.07, 6.45) is 14.4. The fraction of sp³-hybridized carbons (Fsp3) is 0.517. The van der Waals surface area contributed by atoms with Gasteiger partial charge in [0.1, 0.15) is 0 Å². The van der Waals surface area contributed by atoms with Crippen molar-refractivity contribution >= 4 is 11.4 Å². The van der Waals surface area contributed by atoms with E-state index in [0.717, 1.165) is 29.0 Å². The number of hydrogen-bond acceptors (Lipinski definition) is 2. The summed E-state index contributed by atoms with van der Waals surface area (Å²) >= 11 is 0. The molecule has 2 heteroatoms. The van der Waals surface area contributed by atoms with Crippen molar-refractivity contribution in [3.63, 3.8) is 0 Å². The van der Waals surface area contributed by atoms with Gasteiger partial charge in [-0.3, -0.25) is 9.98 Å². The monoisotopic (exact) mass is 420 g/mol. The lowest BCUT2D eigenvalue weighted by atomic mass is 9.82. The van der Waals surface area contributed by atoms with Gasteiger partial charge in [0.15, 0.2) is 0 Å². The number of nitrogens with zero attached hydrogens (tertiary/aromatic N) is 2. The van der Waals surface area contributed by atoms with Crippen LogP contribution in [0.1, 0.15) is 75.7 Å². The lowest BCUT2D eigenvalue weighted by Crippen LogP contribution is -2.23. The third-order valence-electron chi connectivity index (χ3n) is 6.75. The van der Waals surface area contributed by atoms with Crippen molar-refractivity contribution in [3.05, 3.63) is 69.9 Å². The minimum Gasteiger partial charge on any atom is -0.286 e. The molecule has 0 N–H and O–H groups in total. The Morgan fingerprint density at radius 2 is 1.10 bits per heavy atom. The number of hydrogen-bond donors (Lipinski definition) is 0. The average molecular weight is 421 g/mol. The van der Waals surface area contributed by atoms with Gasteiger partial charge in [0.05, 0.1) is 11.4 Å². The van der Waals surface area contributed by atoms with Crippen molar-refractivity contribution in [1.82, 2.24) is 0 Å². The maximum atomic E-state index is 4.63. The predicted molar refractivity (Wildman–Crippen MR) is 141 cm³/mol. The van der Waals surface area contributed by atoms with Gasteiger partial charge in [0.2, 0.25) is 0 Å². The van der Waals surface area contributed by atoms with Crippen LogP contribution in [0.3, 0.4) is 0 Å². The second-order valence-corrected chi connectivity index (χ2v) is 10.2. The van der Waals surface area contributed by atoms with Gasteiger partial charge in [-0.1, -0.05) is 89.1 Å². The molecule has 0 aromatic heterocycles.